The van der Waals surface area contributed by atoms with Crippen LogP contribution in [0.1, 0.15) is 30.7 Å². The highest BCUT2D eigenvalue weighted by atomic mass is 28.3. The van der Waals surface area contributed by atoms with Crippen molar-refractivity contribution in [1.29, 1.82) is 0 Å². The zero-order valence-corrected chi connectivity index (χ0v) is 21.0. The van der Waals surface area contributed by atoms with Crippen LogP contribution in [-0.2, 0) is 24.4 Å². The zero-order valence-electron chi connectivity index (χ0n) is 20.0. The Morgan fingerprint density at radius 3 is 2.66 bits per heavy atom. The SMILES string of the molecule is Cc1c(Cn2cccc(N)c2=O)n(COCC[Si](C)(C)C)c2c(CC(C)C)c(F)cnc12. The summed E-state index contributed by atoms with van der Waals surface area (Å²) in [6.45, 7) is 14.3. The van der Waals surface area contributed by atoms with Gasteiger partial charge in [0, 0.05) is 32.1 Å². The molecule has 174 valence electrons. The summed E-state index contributed by atoms with van der Waals surface area (Å²) in [5.41, 5.74) is 9.75. The maximum Gasteiger partial charge on any atom is 0.274 e. The number of aryl methyl sites for hydroxylation is 1. The molecule has 0 aliphatic rings. The number of ether oxygens (including phenoxy) is 1. The van der Waals surface area contributed by atoms with E-state index in [-0.39, 0.29) is 29.7 Å². The number of nitrogen functional groups attached to an aromatic ring is 1. The fourth-order valence-electron chi connectivity index (χ4n) is 3.88. The van der Waals surface area contributed by atoms with Gasteiger partial charge in [0.25, 0.3) is 5.56 Å². The lowest BCUT2D eigenvalue weighted by atomic mass is 10.0. The van der Waals surface area contributed by atoms with Crippen LogP contribution in [0.25, 0.3) is 11.0 Å². The third kappa shape index (κ3) is 5.30. The normalized spacial score (nSPS) is 12.2. The summed E-state index contributed by atoms with van der Waals surface area (Å²) in [6.07, 6.45) is 3.62. The number of nitrogens with two attached hydrogens (primary N) is 1. The minimum absolute atomic E-state index is 0.198. The number of fused-ring (bicyclic) bond motifs is 1. The molecule has 8 heteroatoms. The van der Waals surface area contributed by atoms with E-state index in [1.165, 1.54) is 6.20 Å². The van der Waals surface area contributed by atoms with Gasteiger partial charge in [-0.2, -0.15) is 0 Å². The fraction of sp³-hybridized carbons (Fsp3) is 0.500. The molecule has 0 fully saturated rings. The Morgan fingerprint density at radius 1 is 1.28 bits per heavy atom. The zero-order chi connectivity index (χ0) is 23.6. The van der Waals surface area contributed by atoms with Crippen LogP contribution < -0.4 is 11.3 Å². The quantitative estimate of drug-likeness (QED) is 0.370. The molecule has 3 rings (SSSR count). The van der Waals surface area contributed by atoms with Crippen molar-refractivity contribution in [3.63, 3.8) is 0 Å². The largest absolute Gasteiger partial charge is 0.394 e. The molecule has 0 saturated carbocycles. The van der Waals surface area contributed by atoms with Gasteiger partial charge in [-0.05, 0) is 43.0 Å². The molecule has 0 radical (unpaired) electrons. The lowest BCUT2D eigenvalue weighted by Gasteiger charge is -2.18. The maximum absolute atomic E-state index is 14.9. The summed E-state index contributed by atoms with van der Waals surface area (Å²) >= 11 is 0. The number of hydrogen-bond donors (Lipinski definition) is 1. The van der Waals surface area contributed by atoms with Crippen LogP contribution in [0.15, 0.2) is 29.3 Å². The van der Waals surface area contributed by atoms with Crippen molar-refractivity contribution >= 4 is 24.8 Å². The van der Waals surface area contributed by atoms with Crippen LogP contribution in [0.4, 0.5) is 10.1 Å². The van der Waals surface area contributed by atoms with Crippen molar-refractivity contribution in [2.45, 2.75) is 66.2 Å². The summed E-state index contributed by atoms with van der Waals surface area (Å²) < 4.78 is 24.6. The van der Waals surface area contributed by atoms with Crippen molar-refractivity contribution in [3.8, 4) is 0 Å². The molecule has 0 aliphatic heterocycles. The van der Waals surface area contributed by atoms with Gasteiger partial charge in [-0.3, -0.25) is 9.78 Å². The predicted octanol–water partition coefficient (Wildman–Crippen LogP) is 4.79. The number of rotatable bonds is 9. The molecule has 0 aromatic carbocycles. The molecule has 6 nitrogen and oxygen atoms in total. The topological polar surface area (TPSA) is 75.1 Å². The average molecular weight is 459 g/mol. The molecular formula is C24H35FN4O2Si. The number of pyridine rings is 2. The third-order valence-corrected chi connectivity index (χ3v) is 7.39. The number of anilines is 1. The molecule has 32 heavy (non-hydrogen) atoms. The summed E-state index contributed by atoms with van der Waals surface area (Å²) in [4.78, 5) is 17.0. The molecule has 0 saturated heterocycles. The maximum atomic E-state index is 14.9. The lowest BCUT2D eigenvalue weighted by Crippen LogP contribution is -2.25. The van der Waals surface area contributed by atoms with Gasteiger partial charge in [0.05, 0.1) is 29.5 Å². The monoisotopic (exact) mass is 458 g/mol. The van der Waals surface area contributed by atoms with Gasteiger partial charge in [-0.1, -0.05) is 33.5 Å². The highest BCUT2D eigenvalue weighted by Crippen LogP contribution is 2.30. The van der Waals surface area contributed by atoms with Crippen molar-refractivity contribution in [3.05, 3.63) is 57.5 Å². The number of hydrogen-bond acceptors (Lipinski definition) is 4. The van der Waals surface area contributed by atoms with E-state index in [9.17, 15) is 9.18 Å². The average Bonchev–Trinajstić information content (AvgIpc) is 2.95. The smallest absolute Gasteiger partial charge is 0.274 e. The Hall–Kier alpha value is -2.45. The molecule has 2 N–H and O–H groups in total. The minimum Gasteiger partial charge on any atom is -0.394 e. The van der Waals surface area contributed by atoms with Crippen molar-refractivity contribution in [1.82, 2.24) is 14.1 Å². The molecular weight excluding hydrogens is 423 g/mol. The van der Waals surface area contributed by atoms with Gasteiger partial charge in [-0.25, -0.2) is 4.39 Å². The Labute approximate surface area is 190 Å². The van der Waals surface area contributed by atoms with Gasteiger partial charge in [0.15, 0.2) is 0 Å². The fourth-order valence-corrected chi connectivity index (χ4v) is 4.64. The first-order valence-electron chi connectivity index (χ1n) is 11.2. The van der Waals surface area contributed by atoms with E-state index in [1.54, 1.807) is 22.9 Å². The molecule has 0 amide bonds. The Balaban J connectivity index is 2.12. The van der Waals surface area contributed by atoms with Crippen LogP contribution in [0, 0.1) is 18.7 Å². The number of aromatic nitrogens is 3. The lowest BCUT2D eigenvalue weighted by molar-refractivity contribution is 0.0880. The molecule has 0 atom stereocenters. The molecule has 0 spiro atoms. The molecule has 0 unspecified atom stereocenters. The number of nitrogens with zero attached hydrogens (tertiary/aromatic N) is 3. The molecule has 0 bridgehead atoms. The molecule has 3 aromatic rings. The minimum atomic E-state index is -1.24. The van der Waals surface area contributed by atoms with Crippen molar-refractivity contribution < 1.29 is 9.13 Å². The van der Waals surface area contributed by atoms with E-state index in [2.05, 4.69) is 38.5 Å². The molecule has 0 aliphatic carbocycles. The second-order valence-corrected chi connectivity index (χ2v) is 15.7. The van der Waals surface area contributed by atoms with Gasteiger partial charge in [0.1, 0.15) is 12.5 Å². The summed E-state index contributed by atoms with van der Waals surface area (Å²) in [7, 11) is -1.24. The standard InChI is InChI=1S/C24H35FN4O2Si/c1-16(2)12-18-19(25)13-27-22-17(3)21(14-28-9-7-8-20(26)24(28)30)29(23(18)22)15-31-10-11-32(4,5)6/h7-9,13,16H,10-12,14-15,26H2,1-6H3. The van der Waals surface area contributed by atoms with Gasteiger partial charge in [0.2, 0.25) is 0 Å². The van der Waals surface area contributed by atoms with Gasteiger partial charge >= 0.3 is 0 Å². The summed E-state index contributed by atoms with van der Waals surface area (Å²) in [5, 5.41) is 0. The van der Waals surface area contributed by atoms with Gasteiger partial charge < -0.3 is 19.6 Å². The van der Waals surface area contributed by atoms with E-state index in [4.69, 9.17) is 10.5 Å². The van der Waals surface area contributed by atoms with Crippen molar-refractivity contribution in [2.75, 3.05) is 12.3 Å². The van der Waals surface area contributed by atoms with Gasteiger partial charge in [-0.15, -0.1) is 0 Å². The van der Waals surface area contributed by atoms with Crippen molar-refractivity contribution in [2.24, 2.45) is 5.92 Å². The van der Waals surface area contributed by atoms with E-state index >= 15 is 0 Å². The van der Waals surface area contributed by atoms with Crippen LogP contribution in [0.5, 0.6) is 0 Å². The van der Waals surface area contributed by atoms with Crippen LogP contribution >= 0.6 is 0 Å². The van der Waals surface area contributed by atoms with Crippen LogP contribution in [0.3, 0.4) is 0 Å². The van der Waals surface area contributed by atoms with E-state index < -0.39 is 8.07 Å². The highest BCUT2D eigenvalue weighted by molar-refractivity contribution is 6.76. The molecule has 3 heterocycles. The molecule has 3 aromatic heterocycles. The number of halogens is 1. The van der Waals surface area contributed by atoms with E-state index in [0.29, 0.717) is 25.1 Å². The first-order chi connectivity index (χ1) is 15.0. The first kappa shape index (κ1) is 24.2. The second-order valence-electron chi connectivity index (χ2n) is 10.1. The first-order valence-corrected chi connectivity index (χ1v) is 14.9. The Morgan fingerprint density at radius 2 is 2.00 bits per heavy atom. The Bertz CT molecular complexity index is 1160. The third-order valence-electron chi connectivity index (χ3n) is 5.69. The Kier molecular flexibility index (Phi) is 7.24. The summed E-state index contributed by atoms with van der Waals surface area (Å²) in [5.74, 6) is -0.0220. The van der Waals surface area contributed by atoms with E-state index in [0.717, 1.165) is 28.3 Å². The second kappa shape index (κ2) is 9.58. The predicted molar refractivity (Wildman–Crippen MR) is 131 cm³/mol. The van der Waals surface area contributed by atoms with Crippen LogP contribution in [0.2, 0.25) is 25.7 Å². The summed E-state index contributed by atoms with van der Waals surface area (Å²) in [6, 6.07) is 4.39. The van der Waals surface area contributed by atoms with Crippen LogP contribution in [-0.4, -0.2) is 28.8 Å². The van der Waals surface area contributed by atoms with E-state index in [1.807, 2.05) is 11.5 Å². The highest BCUT2D eigenvalue weighted by Gasteiger charge is 2.22.